The van der Waals surface area contributed by atoms with Crippen molar-refractivity contribution in [2.45, 2.75) is 69.0 Å². The number of ether oxygens (including phenoxy) is 3. The monoisotopic (exact) mass is 550 g/mol. The van der Waals surface area contributed by atoms with Crippen LogP contribution in [-0.4, -0.2) is 69.8 Å². The molecule has 0 N–H and O–H groups in total. The van der Waals surface area contributed by atoms with Crippen molar-refractivity contribution in [1.82, 2.24) is 29.7 Å². The van der Waals surface area contributed by atoms with E-state index in [1.807, 2.05) is 6.92 Å². The minimum absolute atomic E-state index is 0.0998. The van der Waals surface area contributed by atoms with Crippen LogP contribution in [0.3, 0.4) is 0 Å². The molecule has 0 saturated carbocycles. The van der Waals surface area contributed by atoms with Crippen LogP contribution in [0.2, 0.25) is 5.02 Å². The Morgan fingerprint density at radius 2 is 1.95 bits per heavy atom. The fourth-order valence-corrected chi connectivity index (χ4v) is 5.93. The third-order valence-electron chi connectivity index (χ3n) is 6.41. The number of hydrogen-bond acceptors (Lipinski definition) is 10. The van der Waals surface area contributed by atoms with E-state index in [4.69, 9.17) is 25.8 Å². The lowest BCUT2D eigenvalue weighted by Gasteiger charge is -2.29. The molecule has 0 radical (unpaired) electrons. The molecule has 0 bridgehead atoms. The Bertz CT molecular complexity index is 1300. The first kappa shape index (κ1) is 27.4. The van der Waals surface area contributed by atoms with Crippen LogP contribution in [0, 0.1) is 0 Å². The van der Waals surface area contributed by atoms with E-state index in [2.05, 4.69) is 25.1 Å². The molecule has 200 valence electrons. The standard InChI is InChI=1S/C24H31ClN6O5S/c1-15-7-5-8-18(36-15)13-31-20(29-30-24(31)19-9-6-10-21(28-19)34-3)14-37(32,33)16(2)22(35-4)23-26-11-17(25)12-27-23/h6,9-12,15-16,18,22H,5,7-8,13-14H2,1-4H3/t15-,16-,18-,22-/m0/s1. The molecule has 0 unspecified atom stereocenters. The molecule has 11 nitrogen and oxygen atoms in total. The van der Waals surface area contributed by atoms with Crippen molar-refractivity contribution in [2.75, 3.05) is 14.2 Å². The van der Waals surface area contributed by atoms with Gasteiger partial charge in [-0.1, -0.05) is 17.7 Å². The maximum absolute atomic E-state index is 13.6. The minimum atomic E-state index is -3.79. The van der Waals surface area contributed by atoms with Gasteiger partial charge in [0.2, 0.25) is 5.88 Å². The molecule has 0 aliphatic carbocycles. The maximum atomic E-state index is 13.6. The average molecular weight is 551 g/mol. The van der Waals surface area contributed by atoms with Crippen LogP contribution in [0.5, 0.6) is 5.88 Å². The molecule has 13 heteroatoms. The molecule has 3 aromatic rings. The molecule has 1 fully saturated rings. The number of methoxy groups -OCH3 is 2. The maximum Gasteiger partial charge on any atom is 0.213 e. The number of sulfone groups is 1. The van der Waals surface area contributed by atoms with E-state index in [1.54, 1.807) is 29.7 Å². The van der Waals surface area contributed by atoms with Crippen LogP contribution in [0.1, 0.15) is 50.9 Å². The smallest absolute Gasteiger partial charge is 0.213 e. The Labute approximate surface area is 221 Å². The molecule has 0 amide bonds. The molecule has 1 aliphatic rings. The summed E-state index contributed by atoms with van der Waals surface area (Å²) in [7, 11) is -0.832. The predicted octanol–water partition coefficient (Wildman–Crippen LogP) is 3.44. The van der Waals surface area contributed by atoms with Crippen LogP contribution in [0.4, 0.5) is 0 Å². The zero-order chi connectivity index (χ0) is 26.6. The summed E-state index contributed by atoms with van der Waals surface area (Å²) in [6, 6.07) is 5.31. The first-order chi connectivity index (χ1) is 17.7. The molecule has 0 aromatic carbocycles. The third-order valence-corrected chi connectivity index (χ3v) is 8.64. The number of nitrogens with zero attached hydrogens (tertiary/aromatic N) is 6. The van der Waals surface area contributed by atoms with E-state index < -0.39 is 21.2 Å². The lowest BCUT2D eigenvalue weighted by atomic mass is 10.0. The molecular formula is C24H31ClN6O5S. The summed E-state index contributed by atoms with van der Waals surface area (Å²) in [5.41, 5.74) is 0.525. The van der Waals surface area contributed by atoms with Gasteiger partial charge in [-0.15, -0.1) is 10.2 Å². The SMILES string of the molecule is COc1cccc(-c2nnc(CS(=O)(=O)[C@@H](C)[C@H](OC)c3ncc(Cl)cn3)n2C[C@@H]2CCC[C@H](C)O2)n1. The molecule has 4 atom stereocenters. The zero-order valence-corrected chi connectivity index (χ0v) is 22.8. The quantitative estimate of drug-likeness (QED) is 0.370. The highest BCUT2D eigenvalue weighted by atomic mass is 35.5. The summed E-state index contributed by atoms with van der Waals surface area (Å²) >= 11 is 5.89. The highest BCUT2D eigenvalue weighted by molar-refractivity contribution is 7.91. The number of aromatic nitrogens is 6. The van der Waals surface area contributed by atoms with E-state index in [-0.39, 0.29) is 23.8 Å². The van der Waals surface area contributed by atoms with Crippen molar-refractivity contribution in [3.8, 4) is 17.4 Å². The van der Waals surface area contributed by atoms with Crippen LogP contribution in [0.15, 0.2) is 30.6 Å². The minimum Gasteiger partial charge on any atom is -0.481 e. The molecule has 1 aliphatic heterocycles. The van der Waals surface area contributed by atoms with Gasteiger partial charge in [0.1, 0.15) is 23.4 Å². The normalized spacial score (nSPS) is 19.9. The molecular weight excluding hydrogens is 520 g/mol. The van der Waals surface area contributed by atoms with E-state index in [0.29, 0.717) is 34.8 Å². The van der Waals surface area contributed by atoms with Gasteiger partial charge in [-0.2, -0.15) is 0 Å². The molecule has 0 spiro atoms. The van der Waals surface area contributed by atoms with Crippen molar-refractivity contribution >= 4 is 21.4 Å². The first-order valence-electron chi connectivity index (χ1n) is 12.0. The number of rotatable bonds is 10. The van der Waals surface area contributed by atoms with E-state index in [9.17, 15) is 8.42 Å². The number of pyridine rings is 1. The zero-order valence-electron chi connectivity index (χ0n) is 21.2. The van der Waals surface area contributed by atoms with Gasteiger partial charge in [0.25, 0.3) is 0 Å². The van der Waals surface area contributed by atoms with Gasteiger partial charge in [0, 0.05) is 25.6 Å². The van der Waals surface area contributed by atoms with Gasteiger partial charge in [-0.25, -0.2) is 23.4 Å². The first-order valence-corrected chi connectivity index (χ1v) is 14.1. The lowest BCUT2D eigenvalue weighted by Crippen LogP contribution is -2.32. The summed E-state index contributed by atoms with van der Waals surface area (Å²) < 4.78 is 45.8. The second kappa shape index (κ2) is 11.8. The second-order valence-electron chi connectivity index (χ2n) is 9.04. The van der Waals surface area contributed by atoms with Crippen molar-refractivity contribution in [1.29, 1.82) is 0 Å². The highest BCUT2D eigenvalue weighted by Gasteiger charge is 2.35. The van der Waals surface area contributed by atoms with Crippen molar-refractivity contribution in [3.05, 3.63) is 47.3 Å². The van der Waals surface area contributed by atoms with E-state index in [0.717, 1.165) is 19.3 Å². The second-order valence-corrected chi connectivity index (χ2v) is 11.8. The fourth-order valence-electron chi connectivity index (χ4n) is 4.39. The van der Waals surface area contributed by atoms with Crippen molar-refractivity contribution in [2.24, 2.45) is 0 Å². The third kappa shape index (κ3) is 6.43. The molecule has 3 aromatic heterocycles. The van der Waals surface area contributed by atoms with Crippen molar-refractivity contribution < 1.29 is 22.6 Å². The number of halogens is 1. The topological polar surface area (TPSA) is 131 Å². The summed E-state index contributed by atoms with van der Waals surface area (Å²) in [6.45, 7) is 4.01. The van der Waals surface area contributed by atoms with Gasteiger partial charge >= 0.3 is 0 Å². The molecule has 4 rings (SSSR count). The predicted molar refractivity (Wildman–Crippen MR) is 137 cm³/mol. The van der Waals surface area contributed by atoms with Gasteiger partial charge in [-0.05, 0) is 39.2 Å². The Hall–Kier alpha value is -2.67. The Kier molecular flexibility index (Phi) is 8.73. The van der Waals surface area contributed by atoms with Crippen LogP contribution in [0.25, 0.3) is 11.5 Å². The van der Waals surface area contributed by atoms with E-state index >= 15 is 0 Å². The van der Waals surface area contributed by atoms with Gasteiger partial charge < -0.3 is 18.8 Å². The summed E-state index contributed by atoms with van der Waals surface area (Å²) in [5.74, 6) is 1.03. The van der Waals surface area contributed by atoms with Crippen molar-refractivity contribution in [3.63, 3.8) is 0 Å². The Morgan fingerprint density at radius 3 is 2.62 bits per heavy atom. The van der Waals surface area contributed by atoms with E-state index in [1.165, 1.54) is 26.6 Å². The van der Waals surface area contributed by atoms with Gasteiger partial charge in [-0.3, -0.25) is 0 Å². The van der Waals surface area contributed by atoms with Crippen LogP contribution < -0.4 is 4.74 Å². The lowest BCUT2D eigenvalue weighted by molar-refractivity contribution is -0.0472. The Morgan fingerprint density at radius 1 is 1.19 bits per heavy atom. The highest BCUT2D eigenvalue weighted by Crippen LogP contribution is 2.28. The molecule has 4 heterocycles. The van der Waals surface area contributed by atoms with Crippen LogP contribution >= 0.6 is 11.6 Å². The largest absolute Gasteiger partial charge is 0.481 e. The summed E-state index contributed by atoms with van der Waals surface area (Å²) in [6.07, 6.45) is 4.83. The number of hydrogen-bond donors (Lipinski definition) is 0. The summed E-state index contributed by atoms with van der Waals surface area (Å²) in [4.78, 5) is 12.8. The Balaban J connectivity index is 1.67. The fraction of sp³-hybridized carbons (Fsp3) is 0.542. The molecule has 1 saturated heterocycles. The van der Waals surface area contributed by atoms with Crippen LogP contribution in [-0.2, 0) is 31.6 Å². The van der Waals surface area contributed by atoms with Gasteiger partial charge in [0.15, 0.2) is 21.5 Å². The molecule has 37 heavy (non-hydrogen) atoms. The average Bonchev–Trinajstić information content (AvgIpc) is 3.26. The summed E-state index contributed by atoms with van der Waals surface area (Å²) in [5, 5.41) is 7.99. The van der Waals surface area contributed by atoms with Gasteiger partial charge in [0.05, 0.1) is 36.1 Å².